The van der Waals surface area contributed by atoms with E-state index in [0.717, 1.165) is 32.0 Å². The van der Waals surface area contributed by atoms with Crippen molar-refractivity contribution in [1.29, 1.82) is 0 Å². The molecule has 0 spiro atoms. The molecule has 0 saturated heterocycles. The summed E-state index contributed by atoms with van der Waals surface area (Å²) >= 11 is 0. The molecule has 1 atom stereocenters. The average Bonchev–Trinajstić information content (AvgIpc) is 2.29. The van der Waals surface area contributed by atoms with Gasteiger partial charge in [0.2, 0.25) is 0 Å². The Balaban J connectivity index is 4.06. The van der Waals surface area contributed by atoms with Crippen molar-refractivity contribution in [3.63, 3.8) is 0 Å². The van der Waals surface area contributed by atoms with Crippen molar-refractivity contribution in [3.8, 4) is 0 Å². The smallest absolute Gasteiger partial charge is 0.142 e. The second-order valence-electron chi connectivity index (χ2n) is 4.80. The topological polar surface area (TPSA) is 17.1 Å². The van der Waals surface area contributed by atoms with Crippen LogP contribution in [0.25, 0.3) is 0 Å². The fraction of sp³-hybridized carbons (Fsp3) is 0.562. The zero-order valence-corrected chi connectivity index (χ0v) is 11.7. The first-order valence-corrected chi connectivity index (χ1v) is 6.51. The Morgan fingerprint density at radius 2 is 1.88 bits per heavy atom. The lowest BCUT2D eigenvalue weighted by Crippen LogP contribution is -1.92. The van der Waals surface area contributed by atoms with E-state index in [1.165, 1.54) is 11.1 Å². The van der Waals surface area contributed by atoms with Gasteiger partial charge in [-0.1, -0.05) is 36.3 Å². The van der Waals surface area contributed by atoms with Gasteiger partial charge in [0.1, 0.15) is 6.29 Å². The normalized spacial score (nSPS) is 13.8. The van der Waals surface area contributed by atoms with E-state index in [9.17, 15) is 4.79 Å². The van der Waals surface area contributed by atoms with Crippen molar-refractivity contribution in [2.24, 2.45) is 5.92 Å². The van der Waals surface area contributed by atoms with E-state index in [2.05, 4.69) is 39.8 Å². The molecule has 0 radical (unpaired) electrons. The lowest BCUT2D eigenvalue weighted by Gasteiger charge is -2.07. The third kappa shape index (κ3) is 9.80. The second kappa shape index (κ2) is 10.1. The zero-order valence-electron chi connectivity index (χ0n) is 11.7. The average molecular weight is 234 g/mol. The third-order valence-corrected chi connectivity index (χ3v) is 2.85. The molecule has 1 heteroatoms. The van der Waals surface area contributed by atoms with E-state index in [1.807, 2.05) is 6.08 Å². The quantitative estimate of drug-likeness (QED) is 0.333. The molecule has 0 aliphatic rings. The van der Waals surface area contributed by atoms with Crippen LogP contribution in [0.15, 0.2) is 35.5 Å². The Morgan fingerprint density at radius 3 is 2.41 bits per heavy atom. The summed E-state index contributed by atoms with van der Waals surface area (Å²) in [6, 6.07) is 0. The molecule has 0 heterocycles. The molecule has 0 aromatic rings. The van der Waals surface area contributed by atoms with Gasteiger partial charge in [0.05, 0.1) is 0 Å². The number of hydrogen-bond donors (Lipinski definition) is 0. The van der Waals surface area contributed by atoms with Gasteiger partial charge in [-0.3, -0.25) is 4.79 Å². The number of hydrogen-bond acceptors (Lipinski definition) is 1. The van der Waals surface area contributed by atoms with Gasteiger partial charge in [-0.15, -0.1) is 0 Å². The van der Waals surface area contributed by atoms with Gasteiger partial charge in [-0.05, 0) is 58.4 Å². The van der Waals surface area contributed by atoms with E-state index in [-0.39, 0.29) is 0 Å². The third-order valence-electron chi connectivity index (χ3n) is 2.85. The summed E-state index contributed by atoms with van der Waals surface area (Å²) in [5.74, 6) is 0.499. The van der Waals surface area contributed by atoms with E-state index < -0.39 is 0 Å². The number of carbonyl (C=O) groups is 1. The Morgan fingerprint density at radius 1 is 1.18 bits per heavy atom. The van der Waals surface area contributed by atoms with Gasteiger partial charge in [0.15, 0.2) is 0 Å². The van der Waals surface area contributed by atoms with Crippen LogP contribution in [0, 0.1) is 5.92 Å². The van der Waals surface area contributed by atoms with Gasteiger partial charge < -0.3 is 0 Å². The summed E-state index contributed by atoms with van der Waals surface area (Å²) < 4.78 is 0. The summed E-state index contributed by atoms with van der Waals surface area (Å²) in [4.78, 5) is 10.3. The minimum absolute atomic E-state index is 0.499. The molecule has 0 bridgehead atoms. The van der Waals surface area contributed by atoms with Crippen molar-refractivity contribution in [1.82, 2.24) is 0 Å². The number of carbonyl (C=O) groups excluding carboxylic acids is 1. The van der Waals surface area contributed by atoms with Gasteiger partial charge in [0.25, 0.3) is 0 Å². The summed E-state index contributed by atoms with van der Waals surface area (Å²) in [5, 5.41) is 0. The van der Waals surface area contributed by atoms with Crippen LogP contribution in [-0.4, -0.2) is 6.29 Å². The lowest BCUT2D eigenvalue weighted by molar-refractivity contribution is -0.104. The molecule has 96 valence electrons. The van der Waals surface area contributed by atoms with Crippen LogP contribution in [-0.2, 0) is 4.79 Å². The molecule has 0 aliphatic heterocycles. The molecule has 1 unspecified atom stereocenters. The molecular formula is C16H26O. The molecule has 0 aromatic carbocycles. The van der Waals surface area contributed by atoms with Crippen LogP contribution in [0.5, 0.6) is 0 Å². The Kier molecular flexibility index (Phi) is 9.41. The van der Waals surface area contributed by atoms with E-state index in [1.54, 1.807) is 6.08 Å². The number of aldehydes is 1. The van der Waals surface area contributed by atoms with Crippen LogP contribution in [0.4, 0.5) is 0 Å². The van der Waals surface area contributed by atoms with Crippen molar-refractivity contribution < 1.29 is 4.79 Å². The highest BCUT2D eigenvalue weighted by Gasteiger charge is 1.99. The predicted octanol–water partition coefficient (Wildman–Crippen LogP) is 4.85. The molecule has 0 saturated carbocycles. The molecule has 0 aromatic heterocycles. The summed E-state index contributed by atoms with van der Waals surface area (Å²) in [6.45, 7) is 8.62. The SMILES string of the molecule is CCC(/C=C/C=O)C/C=C(\C)CCC=C(C)C. The summed E-state index contributed by atoms with van der Waals surface area (Å²) in [6.07, 6.45) is 13.5. The molecule has 0 rings (SSSR count). The van der Waals surface area contributed by atoms with Gasteiger partial charge >= 0.3 is 0 Å². The molecule has 17 heavy (non-hydrogen) atoms. The monoisotopic (exact) mass is 234 g/mol. The van der Waals surface area contributed by atoms with Crippen LogP contribution in [0.2, 0.25) is 0 Å². The fourth-order valence-electron chi connectivity index (χ4n) is 1.63. The van der Waals surface area contributed by atoms with Crippen LogP contribution < -0.4 is 0 Å². The maximum atomic E-state index is 10.3. The van der Waals surface area contributed by atoms with Gasteiger partial charge in [-0.2, -0.15) is 0 Å². The van der Waals surface area contributed by atoms with Crippen LogP contribution >= 0.6 is 0 Å². The molecule has 0 fully saturated rings. The highest BCUT2D eigenvalue weighted by molar-refractivity contribution is 5.64. The molecule has 0 N–H and O–H groups in total. The van der Waals surface area contributed by atoms with E-state index in [4.69, 9.17) is 0 Å². The van der Waals surface area contributed by atoms with Crippen molar-refractivity contribution in [3.05, 3.63) is 35.5 Å². The van der Waals surface area contributed by atoms with Crippen LogP contribution in [0.3, 0.4) is 0 Å². The first-order valence-electron chi connectivity index (χ1n) is 6.51. The van der Waals surface area contributed by atoms with E-state index >= 15 is 0 Å². The summed E-state index contributed by atoms with van der Waals surface area (Å²) in [7, 11) is 0. The Hall–Kier alpha value is -1.11. The second-order valence-corrected chi connectivity index (χ2v) is 4.80. The zero-order chi connectivity index (χ0) is 13.1. The standard InChI is InChI=1S/C16H26O/c1-5-16(10-7-13-17)12-11-15(4)9-6-8-14(2)3/h7-8,10-11,13,16H,5-6,9,12H2,1-4H3/b10-7+,15-11+. The lowest BCUT2D eigenvalue weighted by atomic mass is 9.99. The fourth-order valence-corrected chi connectivity index (χ4v) is 1.63. The summed E-state index contributed by atoms with van der Waals surface area (Å²) in [5.41, 5.74) is 2.83. The highest BCUT2D eigenvalue weighted by Crippen LogP contribution is 2.14. The van der Waals surface area contributed by atoms with Crippen molar-refractivity contribution >= 4 is 6.29 Å². The predicted molar refractivity (Wildman–Crippen MR) is 76.0 cm³/mol. The Bertz CT molecular complexity index is 291. The van der Waals surface area contributed by atoms with Gasteiger partial charge in [0, 0.05) is 0 Å². The van der Waals surface area contributed by atoms with Crippen LogP contribution in [0.1, 0.15) is 53.4 Å². The number of allylic oxidation sites excluding steroid dienone is 6. The van der Waals surface area contributed by atoms with Crippen molar-refractivity contribution in [2.45, 2.75) is 53.4 Å². The minimum Gasteiger partial charge on any atom is -0.299 e. The molecule has 0 aliphatic carbocycles. The first kappa shape index (κ1) is 15.9. The first-order chi connectivity index (χ1) is 8.10. The molecular weight excluding hydrogens is 208 g/mol. The molecule has 1 nitrogen and oxygen atoms in total. The van der Waals surface area contributed by atoms with E-state index in [0.29, 0.717) is 5.92 Å². The largest absolute Gasteiger partial charge is 0.299 e. The van der Waals surface area contributed by atoms with Crippen molar-refractivity contribution in [2.75, 3.05) is 0 Å². The Labute approximate surface area is 106 Å². The number of rotatable bonds is 8. The minimum atomic E-state index is 0.499. The highest BCUT2D eigenvalue weighted by atomic mass is 16.1. The maximum Gasteiger partial charge on any atom is 0.142 e. The maximum absolute atomic E-state index is 10.3. The molecule has 0 amide bonds. The van der Waals surface area contributed by atoms with Gasteiger partial charge in [-0.25, -0.2) is 0 Å².